The highest BCUT2D eigenvalue weighted by Gasteiger charge is 2.48. The molecule has 13 rings (SSSR count). The van der Waals surface area contributed by atoms with Gasteiger partial charge in [0.1, 0.15) is 5.58 Å². The molecule has 2 nitrogen and oxygen atoms in total. The van der Waals surface area contributed by atoms with Crippen molar-refractivity contribution in [3.05, 3.63) is 306 Å². The average molecular weight is 842 g/mol. The maximum atomic E-state index is 5.86. The molecule has 2 aliphatic carbocycles. The second kappa shape index (κ2) is 15.1. The zero-order valence-electron chi connectivity index (χ0n) is 36.2. The number of nitrogens with zero attached hydrogens (tertiary/aromatic N) is 1. The minimum absolute atomic E-state index is 0.473. The van der Waals surface area contributed by atoms with Crippen LogP contribution in [0.25, 0.3) is 44.3 Å². The topological polar surface area (TPSA) is 16.4 Å². The number of fused-ring (bicyclic) bond motifs is 7. The first-order valence-electron chi connectivity index (χ1n) is 22.8. The monoisotopic (exact) mass is 841 g/mol. The van der Waals surface area contributed by atoms with Crippen LogP contribution in [0, 0.1) is 0 Å². The fourth-order valence-corrected chi connectivity index (χ4v) is 11.7. The zero-order chi connectivity index (χ0) is 43.7. The molecule has 0 bridgehead atoms. The normalized spacial score (nSPS) is 13.7. The van der Waals surface area contributed by atoms with Crippen molar-refractivity contribution in [1.82, 2.24) is 0 Å². The molecule has 2 heteroatoms. The lowest BCUT2D eigenvalue weighted by molar-refractivity contribution is 0.616. The van der Waals surface area contributed by atoms with Crippen molar-refractivity contribution >= 4 is 28.0 Å². The Labute approximate surface area is 385 Å². The fraction of sp³-hybridized carbons (Fsp3) is 0.0312. The zero-order valence-corrected chi connectivity index (χ0v) is 36.2. The first kappa shape index (κ1) is 38.0. The van der Waals surface area contributed by atoms with Crippen LogP contribution in [0.1, 0.15) is 44.5 Å². The lowest BCUT2D eigenvalue weighted by Crippen LogP contribution is -2.29. The van der Waals surface area contributed by atoms with Gasteiger partial charge in [0.05, 0.1) is 17.1 Å². The first-order chi connectivity index (χ1) is 32.7. The minimum atomic E-state index is -0.509. The first-order valence-corrected chi connectivity index (χ1v) is 22.8. The highest BCUT2D eigenvalue weighted by Crippen LogP contribution is 2.60. The molecule has 10 aromatic carbocycles. The van der Waals surface area contributed by atoms with E-state index in [1.54, 1.807) is 6.26 Å². The van der Waals surface area contributed by atoms with Crippen molar-refractivity contribution in [3.8, 4) is 33.4 Å². The highest BCUT2D eigenvalue weighted by molar-refractivity contribution is 5.95. The molecule has 0 saturated carbocycles. The Morgan fingerprint density at radius 1 is 0.303 bits per heavy atom. The van der Waals surface area contributed by atoms with Crippen LogP contribution in [0.4, 0.5) is 17.1 Å². The Morgan fingerprint density at radius 2 is 0.758 bits per heavy atom. The van der Waals surface area contributed by atoms with Crippen molar-refractivity contribution in [2.45, 2.75) is 10.8 Å². The Balaban J connectivity index is 0.999. The standard InChI is InChI=1S/C64H43NO/c1-5-18-46(19-6-1)63(47-20-7-2-8-21-47)58-30-15-14-27-55(58)57-43-52(36-38-60(57)63)65(51-37-39-61-45(42-51)40-41-66-61)50-34-32-44(33-35-50)53-28-17-29-56-54-26-13-16-31-59(54)64(62(53)56,48-22-9-3-10-23-48)49-24-11-4-12-25-49/h1-43H. The van der Waals surface area contributed by atoms with Gasteiger partial charge in [0, 0.05) is 22.4 Å². The van der Waals surface area contributed by atoms with E-state index in [9.17, 15) is 0 Å². The van der Waals surface area contributed by atoms with E-state index in [-0.39, 0.29) is 0 Å². The third kappa shape index (κ3) is 5.49. The van der Waals surface area contributed by atoms with Gasteiger partial charge in [-0.1, -0.05) is 206 Å². The summed E-state index contributed by atoms with van der Waals surface area (Å²) in [7, 11) is 0. The molecule has 0 aliphatic heterocycles. The third-order valence-corrected chi connectivity index (χ3v) is 14.3. The SMILES string of the molecule is c1ccc(C2(c3ccccc3)c3ccccc3-c3cc(N(c4ccc(-c5cccc6c5C(c5ccccc5)(c5ccccc5)c5ccccc5-6)cc4)c4ccc5occc5c4)ccc32)cc1. The van der Waals surface area contributed by atoms with Crippen LogP contribution < -0.4 is 4.90 Å². The molecule has 2 aliphatic rings. The molecule has 11 aromatic rings. The lowest BCUT2D eigenvalue weighted by Gasteiger charge is -2.35. The van der Waals surface area contributed by atoms with Crippen LogP contribution in [0.5, 0.6) is 0 Å². The van der Waals surface area contributed by atoms with E-state index in [1.807, 2.05) is 6.07 Å². The summed E-state index contributed by atoms with van der Waals surface area (Å²) in [4.78, 5) is 2.40. The van der Waals surface area contributed by atoms with Crippen LogP contribution in [0.3, 0.4) is 0 Å². The number of furan rings is 1. The maximum absolute atomic E-state index is 5.86. The van der Waals surface area contributed by atoms with Gasteiger partial charge in [-0.15, -0.1) is 0 Å². The molecular formula is C64H43NO. The fourth-order valence-electron chi connectivity index (χ4n) is 11.7. The van der Waals surface area contributed by atoms with Gasteiger partial charge in [-0.25, -0.2) is 0 Å². The van der Waals surface area contributed by atoms with Crippen LogP contribution in [0.2, 0.25) is 0 Å². The van der Waals surface area contributed by atoms with Crippen LogP contribution >= 0.6 is 0 Å². The number of rotatable bonds is 8. The molecule has 0 amide bonds. The van der Waals surface area contributed by atoms with Gasteiger partial charge < -0.3 is 9.32 Å². The summed E-state index contributed by atoms with van der Waals surface area (Å²) < 4.78 is 5.86. The molecule has 0 unspecified atom stereocenters. The lowest BCUT2D eigenvalue weighted by atomic mass is 9.66. The van der Waals surface area contributed by atoms with Gasteiger partial charge in [-0.2, -0.15) is 0 Å². The van der Waals surface area contributed by atoms with Gasteiger partial charge in [0.15, 0.2) is 0 Å². The van der Waals surface area contributed by atoms with Crippen molar-refractivity contribution < 1.29 is 4.42 Å². The summed E-state index contributed by atoms with van der Waals surface area (Å²) in [6.07, 6.45) is 1.77. The largest absolute Gasteiger partial charge is 0.464 e. The smallest absolute Gasteiger partial charge is 0.133 e. The van der Waals surface area contributed by atoms with E-state index < -0.39 is 10.8 Å². The van der Waals surface area contributed by atoms with Crippen molar-refractivity contribution in [1.29, 1.82) is 0 Å². The van der Waals surface area contributed by atoms with Gasteiger partial charge >= 0.3 is 0 Å². The van der Waals surface area contributed by atoms with E-state index in [1.165, 1.54) is 77.9 Å². The molecule has 0 radical (unpaired) electrons. The van der Waals surface area contributed by atoms with Crippen molar-refractivity contribution in [3.63, 3.8) is 0 Å². The van der Waals surface area contributed by atoms with Crippen LogP contribution in [-0.2, 0) is 10.8 Å². The summed E-state index contributed by atoms with van der Waals surface area (Å²) in [5.41, 5.74) is 20.8. The number of hydrogen-bond donors (Lipinski definition) is 0. The van der Waals surface area contributed by atoms with Gasteiger partial charge in [-0.05, 0) is 126 Å². The Kier molecular flexibility index (Phi) is 8.69. The highest BCUT2D eigenvalue weighted by atomic mass is 16.3. The molecule has 310 valence electrons. The summed E-state index contributed by atoms with van der Waals surface area (Å²) in [6.45, 7) is 0. The molecule has 0 atom stereocenters. The molecule has 0 fully saturated rings. The molecule has 0 spiro atoms. The van der Waals surface area contributed by atoms with E-state index in [0.717, 1.165) is 28.0 Å². The van der Waals surface area contributed by atoms with E-state index in [4.69, 9.17) is 4.42 Å². The Hall–Kier alpha value is -8.46. The number of benzene rings is 10. The maximum Gasteiger partial charge on any atom is 0.133 e. The minimum Gasteiger partial charge on any atom is -0.464 e. The van der Waals surface area contributed by atoms with Crippen LogP contribution in [-0.4, -0.2) is 0 Å². The van der Waals surface area contributed by atoms with E-state index in [0.29, 0.717) is 0 Å². The Morgan fingerprint density at radius 3 is 1.38 bits per heavy atom. The van der Waals surface area contributed by atoms with Gasteiger partial charge in [0.2, 0.25) is 0 Å². The predicted octanol–water partition coefficient (Wildman–Crippen LogP) is 16.3. The number of anilines is 3. The number of hydrogen-bond acceptors (Lipinski definition) is 2. The molecule has 1 heterocycles. The van der Waals surface area contributed by atoms with E-state index >= 15 is 0 Å². The van der Waals surface area contributed by atoms with Gasteiger partial charge in [0.25, 0.3) is 0 Å². The van der Waals surface area contributed by atoms with E-state index in [2.05, 4.69) is 254 Å². The second-order valence-electron chi connectivity index (χ2n) is 17.5. The van der Waals surface area contributed by atoms with Crippen molar-refractivity contribution in [2.24, 2.45) is 0 Å². The van der Waals surface area contributed by atoms with Crippen LogP contribution in [0.15, 0.2) is 265 Å². The third-order valence-electron chi connectivity index (χ3n) is 14.3. The van der Waals surface area contributed by atoms with Gasteiger partial charge in [-0.3, -0.25) is 0 Å². The molecular weight excluding hydrogens is 799 g/mol. The molecule has 66 heavy (non-hydrogen) atoms. The Bertz CT molecular complexity index is 3490. The molecule has 1 aromatic heterocycles. The predicted molar refractivity (Wildman–Crippen MR) is 271 cm³/mol. The summed E-state index contributed by atoms with van der Waals surface area (Å²) in [5, 5.41) is 1.06. The second-order valence-corrected chi connectivity index (χ2v) is 17.5. The molecule has 0 N–H and O–H groups in total. The molecule has 0 saturated heterocycles. The average Bonchev–Trinajstić information content (AvgIpc) is 4.08. The summed E-state index contributed by atoms with van der Waals surface area (Å²) in [6, 6.07) is 93.8. The summed E-state index contributed by atoms with van der Waals surface area (Å²) >= 11 is 0. The summed E-state index contributed by atoms with van der Waals surface area (Å²) in [5.74, 6) is 0. The quantitative estimate of drug-likeness (QED) is 0.152. The van der Waals surface area contributed by atoms with Crippen molar-refractivity contribution in [2.75, 3.05) is 4.90 Å².